The molecule has 0 spiro atoms. The van der Waals surface area contributed by atoms with Gasteiger partial charge in [-0.05, 0) is 17.8 Å². The van der Waals surface area contributed by atoms with Gasteiger partial charge in [-0.1, -0.05) is 20.8 Å². The Morgan fingerprint density at radius 3 is 1.94 bits per heavy atom. The molecular formula is C13H28O4. The number of hydrogen-bond donors (Lipinski definition) is 1. The van der Waals surface area contributed by atoms with Crippen LogP contribution in [0, 0.1) is 11.3 Å². The van der Waals surface area contributed by atoms with Gasteiger partial charge in [-0.3, -0.25) is 0 Å². The molecule has 0 aliphatic heterocycles. The number of hydrogen-bond acceptors (Lipinski definition) is 4. The number of methoxy groups -OCH3 is 1. The predicted octanol–water partition coefficient (Wildman–Crippen LogP) is 1.71. The van der Waals surface area contributed by atoms with Gasteiger partial charge in [0, 0.05) is 20.3 Å². The molecule has 0 aromatic rings. The summed E-state index contributed by atoms with van der Waals surface area (Å²) >= 11 is 0. The van der Waals surface area contributed by atoms with Crippen LogP contribution in [0.1, 0.15) is 27.2 Å². The summed E-state index contributed by atoms with van der Waals surface area (Å²) in [5.41, 5.74) is 0.132. The Morgan fingerprint density at radius 1 is 0.941 bits per heavy atom. The van der Waals surface area contributed by atoms with E-state index in [0.29, 0.717) is 33.0 Å². The van der Waals surface area contributed by atoms with Crippen LogP contribution in [0.5, 0.6) is 0 Å². The van der Waals surface area contributed by atoms with E-state index in [4.69, 9.17) is 14.2 Å². The number of rotatable bonds is 10. The zero-order chi connectivity index (χ0) is 13.1. The van der Waals surface area contributed by atoms with E-state index in [2.05, 4.69) is 20.8 Å². The molecule has 0 amide bonds. The smallest absolute Gasteiger partial charge is 0.0701 e. The van der Waals surface area contributed by atoms with Crippen molar-refractivity contribution in [2.45, 2.75) is 27.2 Å². The zero-order valence-electron chi connectivity index (χ0n) is 11.7. The summed E-state index contributed by atoms with van der Waals surface area (Å²) in [5, 5.41) is 9.27. The van der Waals surface area contributed by atoms with Crippen LogP contribution in [0.4, 0.5) is 0 Å². The Balaban J connectivity index is 3.38. The van der Waals surface area contributed by atoms with Gasteiger partial charge < -0.3 is 19.3 Å². The minimum atomic E-state index is 0.132. The highest BCUT2D eigenvalue weighted by Gasteiger charge is 2.23. The third-order valence-corrected chi connectivity index (χ3v) is 2.86. The molecule has 1 atom stereocenters. The van der Waals surface area contributed by atoms with Gasteiger partial charge in [0.15, 0.2) is 0 Å². The maximum absolute atomic E-state index is 9.27. The second-order valence-electron chi connectivity index (χ2n) is 5.25. The molecule has 0 rings (SSSR count). The van der Waals surface area contributed by atoms with E-state index >= 15 is 0 Å². The van der Waals surface area contributed by atoms with Crippen LogP contribution in [0.25, 0.3) is 0 Å². The topological polar surface area (TPSA) is 47.9 Å². The molecule has 17 heavy (non-hydrogen) atoms. The first-order valence-electron chi connectivity index (χ1n) is 6.27. The molecule has 1 unspecified atom stereocenters. The van der Waals surface area contributed by atoms with Gasteiger partial charge in [0.05, 0.1) is 26.4 Å². The first-order valence-corrected chi connectivity index (χ1v) is 6.27. The maximum atomic E-state index is 9.27. The molecule has 0 fully saturated rings. The lowest BCUT2D eigenvalue weighted by molar-refractivity contribution is 0.0136. The van der Waals surface area contributed by atoms with Crippen LogP contribution < -0.4 is 0 Å². The fourth-order valence-electron chi connectivity index (χ4n) is 1.49. The van der Waals surface area contributed by atoms with Gasteiger partial charge >= 0.3 is 0 Å². The van der Waals surface area contributed by atoms with Crippen LogP contribution in [0.2, 0.25) is 0 Å². The lowest BCUT2D eigenvalue weighted by atomic mass is 9.79. The first-order chi connectivity index (χ1) is 8.02. The van der Waals surface area contributed by atoms with E-state index in [-0.39, 0.29) is 17.9 Å². The average Bonchev–Trinajstić information content (AvgIpc) is 2.25. The average molecular weight is 248 g/mol. The van der Waals surface area contributed by atoms with Crippen LogP contribution in [-0.4, -0.2) is 51.9 Å². The number of aliphatic hydroxyl groups excluding tert-OH is 1. The zero-order valence-corrected chi connectivity index (χ0v) is 11.7. The Labute approximate surface area is 105 Å². The van der Waals surface area contributed by atoms with E-state index in [1.54, 1.807) is 7.11 Å². The van der Waals surface area contributed by atoms with Crippen molar-refractivity contribution in [3.63, 3.8) is 0 Å². The molecule has 0 aromatic carbocycles. The van der Waals surface area contributed by atoms with Crippen molar-refractivity contribution >= 4 is 0 Å². The van der Waals surface area contributed by atoms with E-state index in [1.807, 2.05) is 0 Å². The molecule has 4 nitrogen and oxygen atoms in total. The molecule has 0 aromatic heterocycles. The summed E-state index contributed by atoms with van der Waals surface area (Å²) in [6.45, 7) is 9.75. The molecule has 0 bridgehead atoms. The van der Waals surface area contributed by atoms with Gasteiger partial charge in [-0.25, -0.2) is 0 Å². The second kappa shape index (κ2) is 9.83. The fourth-order valence-corrected chi connectivity index (χ4v) is 1.49. The minimum Gasteiger partial charge on any atom is -0.396 e. The normalized spacial score (nSPS) is 13.9. The fraction of sp³-hybridized carbons (Fsp3) is 1.00. The molecule has 0 aliphatic carbocycles. The highest BCUT2D eigenvalue weighted by molar-refractivity contribution is 4.72. The van der Waals surface area contributed by atoms with Crippen molar-refractivity contribution in [1.82, 2.24) is 0 Å². The van der Waals surface area contributed by atoms with E-state index < -0.39 is 0 Å². The molecule has 0 saturated heterocycles. The van der Waals surface area contributed by atoms with Crippen molar-refractivity contribution in [3.05, 3.63) is 0 Å². The monoisotopic (exact) mass is 248 g/mol. The molecule has 1 N–H and O–H groups in total. The second-order valence-corrected chi connectivity index (χ2v) is 5.25. The molecule has 104 valence electrons. The Morgan fingerprint density at radius 2 is 1.47 bits per heavy atom. The number of ether oxygens (including phenoxy) is 3. The summed E-state index contributed by atoms with van der Waals surface area (Å²) in [5.74, 6) is 0.289. The van der Waals surface area contributed by atoms with Gasteiger partial charge in [-0.2, -0.15) is 0 Å². The third-order valence-electron chi connectivity index (χ3n) is 2.86. The number of aliphatic hydroxyl groups is 1. The summed E-state index contributed by atoms with van der Waals surface area (Å²) in [7, 11) is 1.65. The van der Waals surface area contributed by atoms with Crippen LogP contribution in [0.3, 0.4) is 0 Å². The maximum Gasteiger partial charge on any atom is 0.0701 e. The Hall–Kier alpha value is -0.160. The summed E-state index contributed by atoms with van der Waals surface area (Å²) < 4.78 is 15.6. The van der Waals surface area contributed by atoms with Gasteiger partial charge in [-0.15, -0.1) is 0 Å². The van der Waals surface area contributed by atoms with Crippen molar-refractivity contribution < 1.29 is 19.3 Å². The van der Waals surface area contributed by atoms with Crippen LogP contribution in [-0.2, 0) is 14.2 Å². The van der Waals surface area contributed by atoms with Crippen LogP contribution >= 0.6 is 0 Å². The lowest BCUT2D eigenvalue weighted by Gasteiger charge is -2.28. The SMILES string of the molecule is COCCOCCOCCC(CO)C(C)(C)C. The molecular weight excluding hydrogens is 220 g/mol. The highest BCUT2D eigenvalue weighted by Crippen LogP contribution is 2.27. The van der Waals surface area contributed by atoms with Crippen molar-refractivity contribution in [3.8, 4) is 0 Å². The van der Waals surface area contributed by atoms with Crippen molar-refractivity contribution in [1.29, 1.82) is 0 Å². The van der Waals surface area contributed by atoms with E-state index in [0.717, 1.165) is 6.42 Å². The summed E-state index contributed by atoms with van der Waals surface area (Å²) in [6.07, 6.45) is 0.887. The van der Waals surface area contributed by atoms with Crippen molar-refractivity contribution in [2.24, 2.45) is 11.3 Å². The Kier molecular flexibility index (Phi) is 9.74. The largest absolute Gasteiger partial charge is 0.396 e. The molecule has 4 heteroatoms. The Bertz CT molecular complexity index is 165. The predicted molar refractivity (Wildman–Crippen MR) is 68.2 cm³/mol. The van der Waals surface area contributed by atoms with Crippen molar-refractivity contribution in [2.75, 3.05) is 46.8 Å². The minimum absolute atomic E-state index is 0.132. The molecule has 0 aliphatic rings. The standard InChI is InChI=1S/C13H28O4/c1-13(2,3)12(11-14)5-6-16-9-10-17-8-7-15-4/h12,14H,5-11H2,1-4H3. The highest BCUT2D eigenvalue weighted by atomic mass is 16.5. The van der Waals surface area contributed by atoms with E-state index in [1.165, 1.54) is 0 Å². The molecule has 0 radical (unpaired) electrons. The molecule has 0 saturated carbocycles. The third kappa shape index (κ3) is 9.53. The summed E-state index contributed by atoms with van der Waals surface area (Å²) in [4.78, 5) is 0. The first kappa shape index (κ1) is 16.8. The van der Waals surface area contributed by atoms with Gasteiger partial charge in [0.2, 0.25) is 0 Å². The van der Waals surface area contributed by atoms with Gasteiger partial charge in [0.1, 0.15) is 0 Å². The summed E-state index contributed by atoms with van der Waals surface area (Å²) in [6, 6.07) is 0. The van der Waals surface area contributed by atoms with Gasteiger partial charge in [0.25, 0.3) is 0 Å². The van der Waals surface area contributed by atoms with E-state index in [9.17, 15) is 5.11 Å². The quantitative estimate of drug-likeness (QED) is 0.598. The molecule has 0 heterocycles. The lowest BCUT2D eigenvalue weighted by Crippen LogP contribution is -2.25. The van der Waals surface area contributed by atoms with Crippen LogP contribution in [0.15, 0.2) is 0 Å².